The Kier molecular flexibility index (Phi) is 23.0. The molecule has 12 heteroatoms. The summed E-state index contributed by atoms with van der Waals surface area (Å²) in [5, 5.41) is 3.15. The highest BCUT2D eigenvalue weighted by molar-refractivity contribution is 6.45. The molecule has 1 N–H and O–H groups in total. The Bertz CT molecular complexity index is 569. The Balaban J connectivity index is 5.09. The fourth-order valence-corrected chi connectivity index (χ4v) is 10.3. The number of urea groups is 1. The molecule has 0 radical (unpaired) electrons. The Morgan fingerprint density at radius 3 is 1.07 bits per heavy atom. The van der Waals surface area contributed by atoms with Crippen LogP contribution in [0, 0.1) is 0 Å². The summed E-state index contributed by atoms with van der Waals surface area (Å²) in [5.74, 6) is 0. The molecule has 0 saturated carbocycles. The number of nitrogens with one attached hydrogen (secondary N) is 1. The van der Waals surface area contributed by atoms with E-state index in [1.807, 2.05) is 88.0 Å². The zero-order valence-electron chi connectivity index (χ0n) is 27.9. The maximum atomic E-state index is 13.3. The van der Waals surface area contributed by atoms with Crippen molar-refractivity contribution in [1.82, 2.24) is 10.2 Å². The molecule has 0 aromatic carbocycles. The topological polar surface area (TPSA) is 87.7 Å². The van der Waals surface area contributed by atoms with E-state index in [0.29, 0.717) is 19.6 Å². The van der Waals surface area contributed by atoms with Crippen LogP contribution in [0.25, 0.3) is 0 Å². The minimum Gasteiger partial charge on any atom is -0.394 e. The number of hydrogen-bond acceptors (Lipinski definition) is 7. The zero-order valence-corrected chi connectivity index (χ0v) is 31.3. The van der Waals surface area contributed by atoms with Crippen LogP contribution in [0.1, 0.15) is 102 Å². The normalized spacial score (nSPS) is 12.6. The number of carbonyl (C=O) groups is 1. The Morgan fingerprint density at radius 1 is 0.525 bits per heavy atom. The molecule has 0 spiro atoms. The van der Waals surface area contributed by atoms with E-state index in [9.17, 15) is 4.79 Å². The van der Waals surface area contributed by atoms with Crippen molar-refractivity contribution in [1.29, 1.82) is 0 Å². The minimum atomic E-state index is -1.79. The number of carbonyl (C=O) groups excluding carboxylic acids is 1. The summed E-state index contributed by atoms with van der Waals surface area (Å²) in [5.41, 5.74) is 0. The van der Waals surface area contributed by atoms with Crippen LogP contribution < -0.4 is 5.32 Å². The van der Waals surface area contributed by atoms with Crippen LogP contribution in [0.15, 0.2) is 0 Å². The van der Waals surface area contributed by atoms with Gasteiger partial charge >= 0.3 is 33.9 Å². The zero-order chi connectivity index (χ0) is 30.7. The number of rotatable bonds is 24. The van der Waals surface area contributed by atoms with E-state index in [-0.39, 0.29) is 42.7 Å². The van der Waals surface area contributed by atoms with Crippen molar-refractivity contribution < 1.29 is 31.4 Å². The lowest BCUT2D eigenvalue weighted by molar-refractivity contribution is 0.127. The van der Waals surface area contributed by atoms with Gasteiger partial charge in [-0.3, -0.25) is 0 Å². The molecule has 0 aromatic heterocycles. The van der Waals surface area contributed by atoms with Crippen molar-refractivity contribution >= 4 is 33.9 Å². The van der Waals surface area contributed by atoms with Crippen LogP contribution in [-0.4, -0.2) is 95.0 Å². The summed E-state index contributed by atoms with van der Waals surface area (Å²) in [6, 6.07) is 2.59. The fraction of sp³-hybridized carbons (Fsp3) is 0.964. The highest BCUT2D eigenvalue weighted by atomic mass is 28.3. The van der Waals surface area contributed by atoms with Gasteiger partial charge < -0.3 is 36.8 Å². The molecule has 0 bridgehead atoms. The van der Waals surface area contributed by atoms with Gasteiger partial charge in [0.1, 0.15) is 0 Å². The van der Waals surface area contributed by atoms with Crippen molar-refractivity contribution in [3.05, 3.63) is 0 Å². The van der Waals surface area contributed by atoms with Gasteiger partial charge in [-0.2, -0.15) is 0 Å². The second kappa shape index (κ2) is 23.2. The van der Waals surface area contributed by atoms with E-state index in [1.165, 1.54) is 0 Å². The lowest BCUT2D eigenvalue weighted by atomic mass is 10.3. The van der Waals surface area contributed by atoms with Gasteiger partial charge in [0, 0.05) is 56.3 Å². The average Bonchev–Trinajstić information content (AvgIpc) is 2.78. The summed E-state index contributed by atoms with van der Waals surface area (Å²) in [6.45, 7) is 26.5. The Hall–Kier alpha value is -0.319. The number of nitrogens with zero attached hydrogens (tertiary/aromatic N) is 1. The summed E-state index contributed by atoms with van der Waals surface area (Å²) in [4.78, 5) is 15.2. The van der Waals surface area contributed by atoms with Crippen LogP contribution in [0.4, 0.5) is 4.79 Å². The molecule has 0 aliphatic heterocycles. The van der Waals surface area contributed by atoms with E-state index in [4.69, 9.17) is 26.6 Å². The Morgan fingerprint density at radius 2 is 0.800 bits per heavy atom. The van der Waals surface area contributed by atoms with Crippen molar-refractivity contribution in [2.75, 3.05) is 19.6 Å². The molecule has 0 saturated heterocycles. The maximum Gasteiger partial charge on any atom is 0.321 e. The van der Waals surface area contributed by atoms with Gasteiger partial charge in [0.15, 0.2) is 0 Å². The second-order valence-corrected chi connectivity index (χ2v) is 18.0. The lowest BCUT2D eigenvalue weighted by Crippen LogP contribution is -2.42. The number of amides is 2. The van der Waals surface area contributed by atoms with Crippen LogP contribution in [-0.2, 0) is 26.6 Å². The predicted molar refractivity (Wildman–Crippen MR) is 172 cm³/mol. The van der Waals surface area contributed by atoms with Gasteiger partial charge in [0.2, 0.25) is 0 Å². The molecule has 0 atom stereocenters. The van der Waals surface area contributed by atoms with Crippen LogP contribution in [0.5, 0.6) is 0 Å². The minimum absolute atomic E-state index is 0.0201. The van der Waals surface area contributed by atoms with Crippen molar-refractivity contribution in [3.63, 3.8) is 0 Å². The van der Waals surface area contributed by atoms with E-state index in [0.717, 1.165) is 37.4 Å². The smallest absolute Gasteiger partial charge is 0.321 e. The van der Waals surface area contributed by atoms with E-state index < -0.39 is 27.9 Å². The second-order valence-electron chi connectivity index (χ2n) is 12.0. The van der Waals surface area contributed by atoms with Crippen molar-refractivity contribution in [2.24, 2.45) is 0 Å². The monoisotopic (exact) mass is 624 g/mol. The first-order valence-corrected chi connectivity index (χ1v) is 20.9. The molecule has 0 unspecified atom stereocenters. The fourth-order valence-electron chi connectivity index (χ4n) is 4.11. The third kappa shape index (κ3) is 23.3. The maximum absolute atomic E-state index is 13.3. The van der Waals surface area contributed by atoms with Crippen LogP contribution in [0.3, 0.4) is 0 Å². The molecular formula is C28H64N2O7Si3. The van der Waals surface area contributed by atoms with Crippen LogP contribution in [0.2, 0.25) is 18.1 Å². The molecule has 240 valence electrons. The SMILES string of the molecule is CC(C)O[SiH](CCCNC(=O)N(CCC[SiH](OC(C)C)OC(C)C)CCC[SiH](OC(C)C)OC(C)C)OC(C)C. The van der Waals surface area contributed by atoms with Gasteiger partial charge in [0.25, 0.3) is 0 Å². The Labute approximate surface area is 251 Å². The molecular weight excluding hydrogens is 561 g/mol. The number of hydrogen-bond donors (Lipinski definition) is 1. The van der Waals surface area contributed by atoms with Gasteiger partial charge in [-0.1, -0.05) is 0 Å². The van der Waals surface area contributed by atoms with E-state index >= 15 is 0 Å². The standard InChI is InChI=1S/C28H64N2O7Si3/c1-22(2)32-38(33-23(3)4)19-13-16-29-28(31)30(17-14-20-39(34-24(5)6)35-25(7)8)18-15-21-40(36-26(9)10)37-27(11)12/h22-27,38-40H,13-21H2,1-12H3,(H,29,31). The molecule has 0 heterocycles. The third-order valence-corrected chi connectivity index (χ3v) is 13.2. The summed E-state index contributed by atoms with van der Waals surface area (Å²) in [6.07, 6.45) is 3.43. The highest BCUT2D eigenvalue weighted by Crippen LogP contribution is 2.12. The largest absolute Gasteiger partial charge is 0.394 e. The predicted octanol–water partition coefficient (Wildman–Crippen LogP) is 5.38. The third-order valence-electron chi connectivity index (χ3n) is 5.46. The molecule has 0 aromatic rings. The summed E-state index contributed by atoms with van der Waals surface area (Å²) in [7, 11) is -5.35. The quantitative estimate of drug-likeness (QED) is 0.114. The first kappa shape index (κ1) is 39.7. The van der Waals surface area contributed by atoms with Gasteiger partial charge in [0.05, 0.1) is 0 Å². The molecule has 40 heavy (non-hydrogen) atoms. The van der Waals surface area contributed by atoms with E-state index in [2.05, 4.69) is 5.32 Å². The van der Waals surface area contributed by atoms with Crippen LogP contribution >= 0.6 is 0 Å². The molecule has 0 aliphatic carbocycles. The molecule has 0 rings (SSSR count). The summed E-state index contributed by atoms with van der Waals surface area (Å²) >= 11 is 0. The first-order valence-electron chi connectivity index (χ1n) is 15.6. The van der Waals surface area contributed by atoms with Gasteiger partial charge in [-0.25, -0.2) is 4.79 Å². The average molecular weight is 625 g/mol. The summed E-state index contributed by atoms with van der Waals surface area (Å²) < 4.78 is 36.4. The highest BCUT2D eigenvalue weighted by Gasteiger charge is 2.22. The lowest BCUT2D eigenvalue weighted by Gasteiger charge is -2.27. The van der Waals surface area contributed by atoms with Crippen molar-refractivity contribution in [3.8, 4) is 0 Å². The van der Waals surface area contributed by atoms with Gasteiger partial charge in [-0.05, 0) is 120 Å². The molecule has 9 nitrogen and oxygen atoms in total. The molecule has 0 aliphatic rings. The van der Waals surface area contributed by atoms with Crippen molar-refractivity contribution in [2.45, 2.75) is 157 Å². The molecule has 2 amide bonds. The molecule has 0 fully saturated rings. The van der Waals surface area contributed by atoms with Gasteiger partial charge in [-0.15, -0.1) is 0 Å². The first-order chi connectivity index (χ1) is 18.7. The van der Waals surface area contributed by atoms with E-state index in [1.54, 1.807) is 0 Å².